The molecule has 0 spiro atoms. The molecule has 0 radical (unpaired) electrons. The maximum atomic E-state index is 9.91. The molecule has 2 aromatic rings. The van der Waals surface area contributed by atoms with Crippen molar-refractivity contribution in [2.75, 3.05) is 6.61 Å². The van der Waals surface area contributed by atoms with E-state index in [9.17, 15) is 10.5 Å². The van der Waals surface area contributed by atoms with Crippen molar-refractivity contribution >= 4 is 0 Å². The smallest absolute Gasteiger partial charge is 0.101 e. The lowest BCUT2D eigenvalue weighted by Gasteiger charge is -2.29. The van der Waals surface area contributed by atoms with Crippen LogP contribution in [0.2, 0.25) is 0 Å². The predicted octanol–water partition coefficient (Wildman–Crippen LogP) is 6.89. The lowest BCUT2D eigenvalue weighted by atomic mass is 9.79. The summed E-state index contributed by atoms with van der Waals surface area (Å²) >= 11 is 0. The second kappa shape index (κ2) is 11.0. The van der Waals surface area contributed by atoms with Gasteiger partial charge in [0.2, 0.25) is 0 Å². The Hall–Kier alpha value is -2.62. The fourth-order valence-corrected chi connectivity index (χ4v) is 4.50. The highest BCUT2D eigenvalue weighted by molar-refractivity contribution is 5.75. The number of benzene rings is 2. The summed E-state index contributed by atoms with van der Waals surface area (Å²) in [5, 5.41) is 19.8. The van der Waals surface area contributed by atoms with Crippen molar-refractivity contribution in [3.63, 3.8) is 0 Å². The van der Waals surface area contributed by atoms with E-state index in [0.29, 0.717) is 23.1 Å². The van der Waals surface area contributed by atoms with Crippen LogP contribution in [0, 0.1) is 22.7 Å². The van der Waals surface area contributed by atoms with Crippen LogP contribution in [0.3, 0.4) is 0 Å². The average molecular weight is 401 g/mol. The molecule has 0 N–H and O–H groups in total. The van der Waals surface area contributed by atoms with Gasteiger partial charge in [-0.25, -0.2) is 0 Å². The van der Waals surface area contributed by atoms with Crippen molar-refractivity contribution in [3.8, 4) is 23.3 Å². The number of hydrogen-bond donors (Lipinski definition) is 0. The van der Waals surface area contributed by atoms with Crippen LogP contribution in [-0.2, 0) is 11.2 Å². The van der Waals surface area contributed by atoms with E-state index in [-0.39, 0.29) is 0 Å². The molecule has 30 heavy (non-hydrogen) atoms. The maximum absolute atomic E-state index is 9.91. The van der Waals surface area contributed by atoms with Crippen LogP contribution in [0.25, 0.3) is 11.1 Å². The summed E-state index contributed by atoms with van der Waals surface area (Å²) in [5.41, 5.74) is 5.22. The van der Waals surface area contributed by atoms with E-state index in [2.05, 4.69) is 56.3 Å². The number of ether oxygens (including phenoxy) is 1. The maximum Gasteiger partial charge on any atom is 0.101 e. The van der Waals surface area contributed by atoms with Gasteiger partial charge in [-0.3, -0.25) is 0 Å². The molecule has 0 aliphatic heterocycles. The summed E-state index contributed by atoms with van der Waals surface area (Å²) in [7, 11) is 0. The molecule has 3 heteroatoms. The number of nitriles is 2. The summed E-state index contributed by atoms with van der Waals surface area (Å²) in [6.45, 7) is 5.19. The van der Waals surface area contributed by atoms with Gasteiger partial charge >= 0.3 is 0 Å². The first-order valence-electron chi connectivity index (χ1n) is 11.4. The van der Waals surface area contributed by atoms with Gasteiger partial charge in [0.1, 0.15) is 12.1 Å². The molecule has 3 rings (SSSR count). The second-order valence-corrected chi connectivity index (χ2v) is 8.28. The normalized spacial score (nSPS) is 18.5. The number of nitrogens with zero attached hydrogens (tertiary/aromatic N) is 2. The molecule has 0 aromatic heterocycles. The van der Waals surface area contributed by atoms with Gasteiger partial charge in [-0.15, -0.1) is 0 Å². The van der Waals surface area contributed by atoms with Crippen LogP contribution in [0.4, 0.5) is 0 Å². The Morgan fingerprint density at radius 3 is 2.17 bits per heavy atom. The molecule has 1 saturated carbocycles. The van der Waals surface area contributed by atoms with E-state index in [4.69, 9.17) is 4.74 Å². The first kappa shape index (κ1) is 22.1. The van der Waals surface area contributed by atoms with Crippen LogP contribution in [0.5, 0.6) is 0 Å². The van der Waals surface area contributed by atoms with Crippen molar-refractivity contribution in [2.45, 2.75) is 77.2 Å². The molecular formula is C27H32N2O. The van der Waals surface area contributed by atoms with E-state index in [1.165, 1.54) is 18.4 Å². The fraction of sp³-hybridized carbons (Fsp3) is 0.481. The van der Waals surface area contributed by atoms with Gasteiger partial charge in [0.05, 0.1) is 17.2 Å². The van der Waals surface area contributed by atoms with Crippen molar-refractivity contribution < 1.29 is 4.74 Å². The van der Waals surface area contributed by atoms with Gasteiger partial charge in [-0.05, 0) is 61.1 Å². The predicted molar refractivity (Wildman–Crippen MR) is 121 cm³/mol. The molecule has 0 atom stereocenters. The summed E-state index contributed by atoms with van der Waals surface area (Å²) in [6.07, 6.45) is 9.01. The third-order valence-electron chi connectivity index (χ3n) is 6.35. The Morgan fingerprint density at radius 2 is 1.57 bits per heavy atom. The van der Waals surface area contributed by atoms with Gasteiger partial charge in [-0.1, -0.05) is 63.1 Å². The minimum absolute atomic E-state index is 0.332. The molecule has 1 aliphatic rings. The monoisotopic (exact) mass is 400 g/mol. The Morgan fingerprint density at radius 1 is 0.867 bits per heavy atom. The van der Waals surface area contributed by atoms with Crippen LogP contribution in [0.15, 0.2) is 36.4 Å². The first-order valence-corrected chi connectivity index (χ1v) is 11.4. The number of unbranched alkanes of at least 4 members (excludes halogenated alkanes) is 2. The van der Waals surface area contributed by atoms with Crippen molar-refractivity contribution in [3.05, 3.63) is 58.7 Å². The van der Waals surface area contributed by atoms with Crippen LogP contribution >= 0.6 is 0 Å². The molecule has 0 bridgehead atoms. The summed E-state index contributed by atoms with van der Waals surface area (Å²) in [4.78, 5) is 0. The average Bonchev–Trinajstić information content (AvgIpc) is 2.81. The highest BCUT2D eigenvalue weighted by Crippen LogP contribution is 2.38. The largest absolute Gasteiger partial charge is 0.378 e. The summed E-state index contributed by atoms with van der Waals surface area (Å²) in [5.74, 6) is 0.332. The van der Waals surface area contributed by atoms with Crippen molar-refractivity contribution in [2.24, 2.45) is 0 Å². The van der Waals surface area contributed by atoms with Crippen molar-refractivity contribution in [1.29, 1.82) is 10.5 Å². The SMILES string of the molecule is CCCCCOC1CCC(c2ccc(-c3ccc(CC)cc3)c(C#N)c2C#N)CC1. The molecule has 2 aromatic carbocycles. The van der Waals surface area contributed by atoms with E-state index < -0.39 is 0 Å². The zero-order valence-electron chi connectivity index (χ0n) is 18.3. The Bertz CT molecular complexity index is 910. The van der Waals surface area contributed by atoms with Gasteiger partial charge < -0.3 is 4.74 Å². The topological polar surface area (TPSA) is 56.8 Å². The summed E-state index contributed by atoms with van der Waals surface area (Å²) < 4.78 is 6.05. The molecule has 0 saturated heterocycles. The minimum atomic E-state index is 0.332. The van der Waals surface area contributed by atoms with Gasteiger partial charge in [0.15, 0.2) is 0 Å². The highest BCUT2D eigenvalue weighted by Gasteiger charge is 2.26. The molecule has 3 nitrogen and oxygen atoms in total. The van der Waals surface area contributed by atoms with Gasteiger partial charge in [0, 0.05) is 12.2 Å². The van der Waals surface area contributed by atoms with E-state index >= 15 is 0 Å². The minimum Gasteiger partial charge on any atom is -0.378 e. The van der Waals surface area contributed by atoms with Crippen LogP contribution in [-0.4, -0.2) is 12.7 Å². The molecule has 1 fully saturated rings. The standard InChI is InChI=1S/C27H32N2O/c1-3-5-6-17-30-23-13-11-22(12-14-23)25-16-15-24(26(18-28)27(25)19-29)21-9-7-20(4-2)8-10-21/h7-10,15-16,22-23H,3-6,11-14,17H2,1-2H3. The second-order valence-electron chi connectivity index (χ2n) is 8.28. The van der Waals surface area contributed by atoms with E-state index in [0.717, 1.165) is 61.8 Å². The molecule has 0 heterocycles. The zero-order valence-corrected chi connectivity index (χ0v) is 18.3. The Balaban J connectivity index is 1.77. The molecular weight excluding hydrogens is 368 g/mol. The van der Waals surface area contributed by atoms with Gasteiger partial charge in [-0.2, -0.15) is 10.5 Å². The number of hydrogen-bond acceptors (Lipinski definition) is 3. The number of aryl methyl sites for hydroxylation is 1. The fourth-order valence-electron chi connectivity index (χ4n) is 4.50. The third kappa shape index (κ3) is 5.10. The number of rotatable bonds is 8. The van der Waals surface area contributed by atoms with E-state index in [1.54, 1.807) is 0 Å². The Kier molecular flexibility index (Phi) is 8.06. The van der Waals surface area contributed by atoms with Crippen molar-refractivity contribution in [1.82, 2.24) is 0 Å². The van der Waals surface area contributed by atoms with E-state index in [1.807, 2.05) is 6.07 Å². The lowest BCUT2D eigenvalue weighted by Crippen LogP contribution is -2.22. The lowest BCUT2D eigenvalue weighted by molar-refractivity contribution is 0.0227. The highest BCUT2D eigenvalue weighted by atomic mass is 16.5. The molecule has 0 amide bonds. The molecule has 156 valence electrons. The zero-order chi connectivity index (χ0) is 21.3. The van der Waals surface area contributed by atoms with Gasteiger partial charge in [0.25, 0.3) is 0 Å². The molecule has 0 unspecified atom stereocenters. The first-order chi connectivity index (χ1) is 14.7. The Labute approximate surface area is 181 Å². The van der Waals surface area contributed by atoms with Crippen LogP contribution in [0.1, 0.15) is 87.0 Å². The third-order valence-corrected chi connectivity index (χ3v) is 6.35. The molecule has 1 aliphatic carbocycles. The summed E-state index contributed by atoms with van der Waals surface area (Å²) in [6, 6.07) is 17.1. The quantitative estimate of drug-likeness (QED) is 0.453. The van der Waals surface area contributed by atoms with Crippen LogP contribution < -0.4 is 0 Å².